The fourth-order valence-electron chi connectivity index (χ4n) is 3.30. The quantitative estimate of drug-likeness (QED) is 0.821. The normalized spacial score (nSPS) is 15.5. The minimum Gasteiger partial charge on any atom is -0.495 e. The number of nitrogens with zero attached hydrogens (tertiary/aromatic N) is 3. The van der Waals surface area contributed by atoms with Crippen molar-refractivity contribution in [1.29, 1.82) is 0 Å². The summed E-state index contributed by atoms with van der Waals surface area (Å²) in [5.41, 5.74) is 6.98. The second kappa shape index (κ2) is 8.49. The van der Waals surface area contributed by atoms with Crippen LogP contribution >= 0.6 is 11.3 Å². The first-order valence-corrected chi connectivity index (χ1v) is 9.77. The van der Waals surface area contributed by atoms with Crippen LogP contribution in [-0.4, -0.2) is 41.9 Å². The first kappa shape index (κ1) is 19.3. The zero-order chi connectivity index (χ0) is 19.4. The van der Waals surface area contributed by atoms with Gasteiger partial charge in [-0.15, -0.1) is 11.3 Å². The Kier molecular flexibility index (Phi) is 6.08. The highest BCUT2D eigenvalue weighted by atomic mass is 32.1. The van der Waals surface area contributed by atoms with E-state index in [1.54, 1.807) is 12.0 Å². The lowest BCUT2D eigenvalue weighted by Gasteiger charge is -2.29. The van der Waals surface area contributed by atoms with Crippen molar-refractivity contribution in [3.05, 3.63) is 35.3 Å². The molecule has 0 unspecified atom stereocenters. The Balaban J connectivity index is 1.73. The number of anilines is 2. The summed E-state index contributed by atoms with van der Waals surface area (Å²) in [6.07, 6.45) is 1.57. The van der Waals surface area contributed by atoms with E-state index in [-0.39, 0.29) is 17.7 Å². The summed E-state index contributed by atoms with van der Waals surface area (Å²) in [6.45, 7) is 3.86. The lowest BCUT2D eigenvalue weighted by molar-refractivity contribution is -0.123. The van der Waals surface area contributed by atoms with Gasteiger partial charge in [-0.1, -0.05) is 12.1 Å². The van der Waals surface area contributed by atoms with Crippen LogP contribution in [0.15, 0.2) is 29.6 Å². The molecule has 2 aromatic rings. The van der Waals surface area contributed by atoms with Gasteiger partial charge in [0.1, 0.15) is 5.75 Å². The van der Waals surface area contributed by atoms with Gasteiger partial charge in [0, 0.05) is 24.8 Å². The monoisotopic (exact) mass is 388 g/mol. The van der Waals surface area contributed by atoms with Crippen molar-refractivity contribution >= 4 is 34.0 Å². The molecule has 2 N–H and O–H groups in total. The zero-order valence-electron chi connectivity index (χ0n) is 15.6. The average Bonchev–Trinajstić information content (AvgIpc) is 3.10. The van der Waals surface area contributed by atoms with Crippen molar-refractivity contribution in [2.45, 2.75) is 26.3 Å². The van der Waals surface area contributed by atoms with Gasteiger partial charge in [-0.2, -0.15) is 0 Å². The van der Waals surface area contributed by atoms with E-state index in [2.05, 4.69) is 9.88 Å². The number of para-hydroxylation sites is 2. The summed E-state index contributed by atoms with van der Waals surface area (Å²) >= 11 is 1.43. The van der Waals surface area contributed by atoms with Crippen molar-refractivity contribution in [3.63, 3.8) is 0 Å². The molecule has 7 nitrogen and oxygen atoms in total. The van der Waals surface area contributed by atoms with Crippen molar-refractivity contribution in [2.75, 3.05) is 25.1 Å². The molecule has 0 spiro atoms. The summed E-state index contributed by atoms with van der Waals surface area (Å²) in [6, 6.07) is 7.40. The number of benzene rings is 1. The molecule has 0 atom stereocenters. The third kappa shape index (κ3) is 4.45. The molecule has 0 saturated carbocycles. The zero-order valence-corrected chi connectivity index (χ0v) is 16.4. The van der Waals surface area contributed by atoms with E-state index in [9.17, 15) is 9.59 Å². The van der Waals surface area contributed by atoms with Crippen LogP contribution in [-0.2, 0) is 16.1 Å². The SMILES string of the molecule is COc1ccccc1N(C(C)=O)c1nc(CN2CCC(C(N)=O)CC2)cs1. The van der Waals surface area contributed by atoms with E-state index in [0.29, 0.717) is 23.1 Å². The van der Waals surface area contributed by atoms with Gasteiger partial charge in [0.2, 0.25) is 11.8 Å². The van der Waals surface area contributed by atoms with Crippen molar-refractivity contribution in [2.24, 2.45) is 11.7 Å². The molecule has 8 heteroatoms. The fourth-order valence-corrected chi connectivity index (χ4v) is 4.17. The van der Waals surface area contributed by atoms with Gasteiger partial charge >= 0.3 is 0 Å². The van der Waals surface area contributed by atoms with Crippen LogP contribution in [0.1, 0.15) is 25.5 Å². The minimum atomic E-state index is -0.209. The summed E-state index contributed by atoms with van der Waals surface area (Å²) < 4.78 is 5.39. The van der Waals surface area contributed by atoms with Crippen LogP contribution in [0.5, 0.6) is 5.75 Å². The number of carbonyl (C=O) groups excluding carboxylic acids is 2. The molecule has 1 fully saturated rings. The van der Waals surface area contributed by atoms with Crippen LogP contribution in [0.4, 0.5) is 10.8 Å². The molecule has 1 saturated heterocycles. The highest BCUT2D eigenvalue weighted by molar-refractivity contribution is 7.14. The Labute approximate surface area is 162 Å². The molecule has 1 aliphatic rings. The number of hydrogen-bond donors (Lipinski definition) is 1. The number of primary amides is 1. The highest BCUT2D eigenvalue weighted by Gasteiger charge is 2.25. The summed E-state index contributed by atoms with van der Waals surface area (Å²) in [5, 5.41) is 2.59. The van der Waals surface area contributed by atoms with Crippen LogP contribution < -0.4 is 15.4 Å². The number of likely N-dealkylation sites (tertiary alicyclic amines) is 1. The van der Waals surface area contributed by atoms with Gasteiger partial charge in [0.15, 0.2) is 5.13 Å². The third-order valence-electron chi connectivity index (χ3n) is 4.75. The molecule has 1 aliphatic heterocycles. The average molecular weight is 388 g/mol. The summed E-state index contributed by atoms with van der Waals surface area (Å²) in [5.74, 6) is 0.270. The first-order valence-electron chi connectivity index (χ1n) is 8.89. The van der Waals surface area contributed by atoms with Gasteiger partial charge < -0.3 is 10.5 Å². The van der Waals surface area contributed by atoms with Gasteiger partial charge in [0.25, 0.3) is 0 Å². The number of thiazole rings is 1. The molecule has 0 bridgehead atoms. The van der Waals surface area contributed by atoms with Gasteiger partial charge in [-0.3, -0.25) is 19.4 Å². The number of hydrogen-bond acceptors (Lipinski definition) is 6. The Morgan fingerprint density at radius 1 is 1.33 bits per heavy atom. The fraction of sp³-hybridized carbons (Fsp3) is 0.421. The molecular weight excluding hydrogens is 364 g/mol. The second-order valence-corrected chi connectivity index (χ2v) is 7.44. The Hall–Kier alpha value is -2.45. The van der Waals surface area contributed by atoms with Crippen LogP contribution in [0.25, 0.3) is 0 Å². The van der Waals surface area contributed by atoms with Gasteiger partial charge in [-0.05, 0) is 38.1 Å². The van der Waals surface area contributed by atoms with E-state index in [4.69, 9.17) is 10.5 Å². The molecule has 2 amide bonds. The second-order valence-electron chi connectivity index (χ2n) is 6.60. The number of rotatable bonds is 6. The number of aromatic nitrogens is 1. The lowest BCUT2D eigenvalue weighted by Crippen LogP contribution is -2.38. The maximum atomic E-state index is 12.3. The highest BCUT2D eigenvalue weighted by Crippen LogP contribution is 2.35. The lowest BCUT2D eigenvalue weighted by atomic mass is 9.96. The summed E-state index contributed by atoms with van der Waals surface area (Å²) in [4.78, 5) is 32.1. The number of piperidine rings is 1. The van der Waals surface area contributed by atoms with Crippen molar-refractivity contribution in [3.8, 4) is 5.75 Å². The predicted molar refractivity (Wildman–Crippen MR) is 105 cm³/mol. The summed E-state index contributed by atoms with van der Waals surface area (Å²) in [7, 11) is 1.58. The maximum absolute atomic E-state index is 12.3. The van der Waals surface area contributed by atoms with Crippen molar-refractivity contribution in [1.82, 2.24) is 9.88 Å². The van der Waals surface area contributed by atoms with E-state index in [1.807, 2.05) is 29.6 Å². The van der Waals surface area contributed by atoms with Crippen molar-refractivity contribution < 1.29 is 14.3 Å². The predicted octanol–water partition coefficient (Wildman–Crippen LogP) is 2.53. The topological polar surface area (TPSA) is 88.8 Å². The maximum Gasteiger partial charge on any atom is 0.230 e. The van der Waals surface area contributed by atoms with E-state index < -0.39 is 0 Å². The molecular formula is C19H24N4O3S. The number of amides is 2. The molecule has 1 aromatic heterocycles. The van der Waals surface area contributed by atoms with Crippen LogP contribution in [0.2, 0.25) is 0 Å². The minimum absolute atomic E-state index is 0.0222. The number of carbonyl (C=O) groups is 2. The van der Waals surface area contributed by atoms with E-state index >= 15 is 0 Å². The number of methoxy groups -OCH3 is 1. The molecule has 0 aliphatic carbocycles. The first-order chi connectivity index (χ1) is 13.0. The molecule has 1 aromatic carbocycles. The number of nitrogens with two attached hydrogens (primary N) is 1. The Morgan fingerprint density at radius 3 is 2.67 bits per heavy atom. The Bertz CT molecular complexity index is 815. The van der Waals surface area contributed by atoms with Gasteiger partial charge in [-0.25, -0.2) is 4.98 Å². The largest absolute Gasteiger partial charge is 0.495 e. The third-order valence-corrected chi connectivity index (χ3v) is 5.62. The van der Waals surface area contributed by atoms with Crippen LogP contribution in [0, 0.1) is 5.92 Å². The van der Waals surface area contributed by atoms with Gasteiger partial charge in [0.05, 0.1) is 18.5 Å². The van der Waals surface area contributed by atoms with Crippen LogP contribution in [0.3, 0.4) is 0 Å². The standard InChI is InChI=1S/C19H24N4O3S/c1-13(24)23(16-5-3-4-6-17(16)26-2)19-21-15(12-27-19)11-22-9-7-14(8-10-22)18(20)25/h3-6,12,14H,7-11H2,1-2H3,(H2,20,25). The molecule has 27 heavy (non-hydrogen) atoms. The number of ether oxygens (including phenoxy) is 1. The Morgan fingerprint density at radius 2 is 2.04 bits per heavy atom. The molecule has 144 valence electrons. The smallest absolute Gasteiger partial charge is 0.230 e. The molecule has 3 rings (SSSR count). The van der Waals surface area contributed by atoms with E-state index in [1.165, 1.54) is 18.3 Å². The molecule has 0 radical (unpaired) electrons. The van der Waals surface area contributed by atoms with E-state index in [0.717, 1.165) is 31.6 Å². The molecule has 2 heterocycles.